The summed E-state index contributed by atoms with van der Waals surface area (Å²) in [5.41, 5.74) is 3.88. The van der Waals surface area contributed by atoms with E-state index < -0.39 is 18.1 Å². The van der Waals surface area contributed by atoms with Crippen LogP contribution >= 0.6 is 11.6 Å². The van der Waals surface area contributed by atoms with Crippen molar-refractivity contribution >= 4 is 28.5 Å². The second-order valence-corrected chi connectivity index (χ2v) is 11.1. The Morgan fingerprint density at radius 3 is 2.70 bits per heavy atom. The third-order valence-electron chi connectivity index (χ3n) is 7.38. The van der Waals surface area contributed by atoms with Crippen LogP contribution in [0.15, 0.2) is 73.3 Å². The molecule has 0 amide bonds. The Morgan fingerprint density at radius 1 is 1.09 bits per heavy atom. The predicted molar refractivity (Wildman–Crippen MR) is 171 cm³/mol. The first-order valence-corrected chi connectivity index (χ1v) is 14.9. The van der Waals surface area contributed by atoms with Crippen molar-refractivity contribution in [1.29, 1.82) is 5.26 Å². The van der Waals surface area contributed by atoms with Crippen molar-refractivity contribution in [3.63, 3.8) is 0 Å². The highest BCUT2D eigenvalue weighted by atomic mass is 35.5. The third-order valence-corrected chi connectivity index (χ3v) is 7.68. The van der Waals surface area contributed by atoms with E-state index in [2.05, 4.69) is 20.3 Å². The summed E-state index contributed by atoms with van der Waals surface area (Å²) in [4.78, 5) is 24.7. The maximum absolute atomic E-state index is 11.7. The Bertz CT molecular complexity index is 2000. The summed E-state index contributed by atoms with van der Waals surface area (Å²) in [6.07, 6.45) is 3.26. The number of pyridine rings is 1. The Balaban J connectivity index is 1.33. The number of hydrogen-bond acceptors (Lipinski definition) is 11. The molecular weight excluding hydrogens is 626 g/mol. The van der Waals surface area contributed by atoms with E-state index >= 15 is 0 Å². The summed E-state index contributed by atoms with van der Waals surface area (Å²) >= 11 is 6.70. The number of halogens is 1. The summed E-state index contributed by atoms with van der Waals surface area (Å²) in [6, 6.07) is 17.0. The highest BCUT2D eigenvalue weighted by molar-refractivity contribution is 6.32. The lowest BCUT2D eigenvalue weighted by molar-refractivity contribution is -0.142. The van der Waals surface area contributed by atoms with Crippen molar-refractivity contribution in [2.24, 2.45) is 0 Å². The number of benzene rings is 3. The van der Waals surface area contributed by atoms with E-state index in [0.29, 0.717) is 58.1 Å². The average molecular weight is 654 g/mol. The van der Waals surface area contributed by atoms with E-state index in [4.69, 9.17) is 30.5 Å². The van der Waals surface area contributed by atoms with Gasteiger partial charge in [-0.25, -0.2) is 9.97 Å². The molecular formula is C34H28ClN5O7. The normalized spacial score (nSPS) is 13.4. The van der Waals surface area contributed by atoms with Crippen LogP contribution in [-0.2, 0) is 17.9 Å². The average Bonchev–Trinajstić information content (AvgIpc) is 3.08. The van der Waals surface area contributed by atoms with Gasteiger partial charge in [-0.05, 0) is 42.8 Å². The van der Waals surface area contributed by atoms with Gasteiger partial charge < -0.3 is 29.2 Å². The number of aliphatic carboxylic acids is 1. The van der Waals surface area contributed by atoms with Gasteiger partial charge in [0, 0.05) is 41.7 Å². The van der Waals surface area contributed by atoms with Crippen molar-refractivity contribution < 1.29 is 34.0 Å². The molecule has 0 bridgehead atoms. The van der Waals surface area contributed by atoms with Crippen molar-refractivity contribution in [3.8, 4) is 46.1 Å². The maximum Gasteiger partial charge on any atom is 0.323 e. The lowest BCUT2D eigenvalue weighted by Crippen LogP contribution is -2.44. The molecule has 0 saturated heterocycles. The van der Waals surface area contributed by atoms with E-state index in [1.165, 1.54) is 19.4 Å². The molecule has 13 heteroatoms. The zero-order valence-corrected chi connectivity index (χ0v) is 25.8. The van der Waals surface area contributed by atoms with E-state index in [1.54, 1.807) is 24.4 Å². The van der Waals surface area contributed by atoms with Crippen LogP contribution in [0.4, 0.5) is 0 Å². The zero-order chi connectivity index (χ0) is 32.9. The van der Waals surface area contributed by atoms with Crippen LogP contribution in [0.25, 0.3) is 22.0 Å². The molecule has 2 aromatic heterocycles. The fourth-order valence-corrected chi connectivity index (χ4v) is 5.32. The van der Waals surface area contributed by atoms with Gasteiger partial charge in [-0.15, -0.1) is 0 Å². The molecule has 0 fully saturated rings. The number of nitriles is 1. The number of ether oxygens (including phenoxy) is 4. The molecule has 47 heavy (non-hydrogen) atoms. The van der Waals surface area contributed by atoms with Crippen LogP contribution in [0.3, 0.4) is 0 Å². The number of aliphatic hydroxyl groups excluding tert-OH is 1. The standard InChI is InChI=1S/C34H28ClN5O7/c1-19(41)31(34(42)43)38-16-23-10-26(35)29(12-28(23)46-17-21-9-20(13-36)14-37-15-21)47-33-25-4-2-3-24(32(25)39-18-40-33)22-5-6-27-30(11-22)45-8-7-44-27/h2-6,9-12,14-15,18-19,31,38,41H,7-8,16-17H2,1H3,(H,42,43)/t19-,31-/m1/s1. The number of rotatable bonds is 11. The minimum atomic E-state index is -1.23. The number of aromatic nitrogens is 3. The minimum Gasteiger partial charge on any atom is -0.488 e. The van der Waals surface area contributed by atoms with Gasteiger partial charge in [-0.3, -0.25) is 15.1 Å². The highest BCUT2D eigenvalue weighted by Crippen LogP contribution is 2.40. The van der Waals surface area contributed by atoms with Crippen molar-refractivity contribution in [2.45, 2.75) is 32.2 Å². The van der Waals surface area contributed by atoms with Crippen molar-refractivity contribution in [3.05, 3.63) is 95.0 Å². The number of nitrogens with zero attached hydrogens (tertiary/aromatic N) is 4. The predicted octanol–water partition coefficient (Wildman–Crippen LogP) is 5.28. The van der Waals surface area contributed by atoms with Crippen molar-refractivity contribution in [2.75, 3.05) is 13.2 Å². The molecule has 1 aliphatic heterocycles. The molecule has 0 saturated carbocycles. The Hall–Kier alpha value is -5.48. The van der Waals surface area contributed by atoms with Gasteiger partial charge in [-0.2, -0.15) is 5.26 Å². The largest absolute Gasteiger partial charge is 0.488 e. The van der Waals surface area contributed by atoms with Crippen LogP contribution in [-0.4, -0.2) is 56.5 Å². The second-order valence-electron chi connectivity index (χ2n) is 10.7. The van der Waals surface area contributed by atoms with E-state index in [0.717, 1.165) is 11.1 Å². The Morgan fingerprint density at radius 2 is 1.91 bits per heavy atom. The smallest absolute Gasteiger partial charge is 0.323 e. The first kappa shape index (κ1) is 31.5. The molecule has 1 aliphatic rings. The van der Waals surface area contributed by atoms with Crippen LogP contribution in [0.1, 0.15) is 23.6 Å². The number of carboxylic acid groups (broad SMARTS) is 1. The molecule has 5 aromatic rings. The second kappa shape index (κ2) is 13.9. The first-order valence-electron chi connectivity index (χ1n) is 14.6. The minimum absolute atomic E-state index is 0.00299. The summed E-state index contributed by atoms with van der Waals surface area (Å²) in [6.45, 7) is 2.40. The SMILES string of the molecule is C[C@@H](O)[C@@H](NCc1cc(Cl)c(Oc2ncnc3c(-c4ccc5c(c4)OCCO5)cccc23)cc1OCc1cncc(C#N)c1)C(=O)O. The Kier molecular flexibility index (Phi) is 9.30. The lowest BCUT2D eigenvalue weighted by atomic mass is 10.0. The number of aliphatic hydroxyl groups is 1. The molecule has 0 aliphatic carbocycles. The van der Waals surface area contributed by atoms with Gasteiger partial charge in [0.05, 0.1) is 27.6 Å². The molecule has 0 radical (unpaired) electrons. The summed E-state index contributed by atoms with van der Waals surface area (Å²) < 4.78 is 23.8. The fourth-order valence-electron chi connectivity index (χ4n) is 5.09. The highest BCUT2D eigenvalue weighted by Gasteiger charge is 2.24. The molecule has 238 valence electrons. The van der Waals surface area contributed by atoms with Crippen LogP contribution in [0, 0.1) is 11.3 Å². The first-order chi connectivity index (χ1) is 22.8. The zero-order valence-electron chi connectivity index (χ0n) is 25.0. The third kappa shape index (κ3) is 7.02. The molecule has 0 unspecified atom stereocenters. The molecule has 6 rings (SSSR count). The molecule has 3 N–H and O–H groups in total. The van der Waals surface area contributed by atoms with Gasteiger partial charge in [0.2, 0.25) is 5.88 Å². The number of para-hydroxylation sites is 1. The summed E-state index contributed by atoms with van der Waals surface area (Å²) in [5.74, 6) is 0.930. The topological polar surface area (TPSA) is 169 Å². The number of nitrogens with one attached hydrogen (secondary N) is 1. The summed E-state index contributed by atoms with van der Waals surface area (Å²) in [7, 11) is 0. The van der Waals surface area contributed by atoms with Crippen molar-refractivity contribution in [1.82, 2.24) is 20.3 Å². The number of fused-ring (bicyclic) bond motifs is 2. The molecule has 3 heterocycles. The van der Waals surface area contributed by atoms with Crippen LogP contribution in [0.2, 0.25) is 5.02 Å². The van der Waals surface area contributed by atoms with E-state index in [-0.39, 0.29) is 29.8 Å². The maximum atomic E-state index is 11.7. The van der Waals surface area contributed by atoms with Crippen LogP contribution in [0.5, 0.6) is 28.9 Å². The molecule has 3 aromatic carbocycles. The molecule has 2 atom stereocenters. The summed E-state index contributed by atoms with van der Waals surface area (Å²) in [5, 5.41) is 32.4. The van der Waals surface area contributed by atoms with Gasteiger partial charge >= 0.3 is 5.97 Å². The lowest BCUT2D eigenvalue weighted by Gasteiger charge is -2.20. The van der Waals surface area contributed by atoms with Gasteiger partial charge in [0.15, 0.2) is 17.2 Å². The quantitative estimate of drug-likeness (QED) is 0.169. The van der Waals surface area contributed by atoms with E-state index in [1.807, 2.05) is 42.5 Å². The monoisotopic (exact) mass is 653 g/mol. The molecule has 12 nitrogen and oxygen atoms in total. The molecule has 0 spiro atoms. The number of carboxylic acids is 1. The van der Waals surface area contributed by atoms with Gasteiger partial charge in [-0.1, -0.05) is 29.8 Å². The fraction of sp³-hybridized carbons (Fsp3) is 0.206. The Labute approximate surface area is 274 Å². The van der Waals surface area contributed by atoms with Crippen LogP contribution < -0.4 is 24.3 Å². The van der Waals surface area contributed by atoms with Gasteiger partial charge in [0.1, 0.15) is 44.0 Å². The van der Waals surface area contributed by atoms with E-state index in [9.17, 15) is 20.3 Å². The number of hydrogen-bond donors (Lipinski definition) is 3. The van der Waals surface area contributed by atoms with Gasteiger partial charge in [0.25, 0.3) is 0 Å². The number of carbonyl (C=O) groups is 1.